The van der Waals surface area contributed by atoms with E-state index in [9.17, 15) is 10.2 Å². The van der Waals surface area contributed by atoms with Crippen LogP contribution >= 0.6 is 0 Å². The molecule has 0 unspecified atom stereocenters. The van der Waals surface area contributed by atoms with Crippen LogP contribution in [0.25, 0.3) is 0 Å². The average Bonchev–Trinajstić information content (AvgIpc) is 2.45. The molecule has 0 amide bonds. The van der Waals surface area contributed by atoms with Gasteiger partial charge in [0.15, 0.2) is 0 Å². The van der Waals surface area contributed by atoms with Gasteiger partial charge in [0.2, 0.25) is 0 Å². The van der Waals surface area contributed by atoms with Gasteiger partial charge in [-0.05, 0) is 20.3 Å². The van der Waals surface area contributed by atoms with Gasteiger partial charge in [0.25, 0.3) is 0 Å². The monoisotopic (exact) mass is 294 g/mol. The maximum absolute atomic E-state index is 9.83. The lowest BCUT2D eigenvalue weighted by molar-refractivity contribution is 0.0468. The molecule has 0 aromatic rings. The van der Waals surface area contributed by atoms with Gasteiger partial charge in [-0.3, -0.25) is 0 Å². The predicted molar refractivity (Wildman–Crippen MR) is 91.1 cm³/mol. The lowest BCUT2D eigenvalue weighted by Crippen LogP contribution is -2.24. The molecule has 0 radical (unpaired) electrons. The molecule has 0 spiro atoms. The molecule has 0 aliphatic carbocycles. The molecular weight excluding hydrogens is 260 g/mol. The van der Waals surface area contributed by atoms with E-state index in [1.165, 1.54) is 44.1 Å². The fraction of sp³-hybridized carbons (Fsp3) is 0.789. The molecule has 0 heterocycles. The average molecular weight is 294 g/mol. The van der Waals surface area contributed by atoms with Crippen molar-refractivity contribution < 1.29 is 10.2 Å². The molecule has 0 saturated carbocycles. The quantitative estimate of drug-likeness (QED) is 0.332. The summed E-state index contributed by atoms with van der Waals surface area (Å²) in [6, 6.07) is 0. The molecule has 0 aromatic carbocycles. The van der Waals surface area contributed by atoms with Gasteiger partial charge in [0, 0.05) is 6.42 Å². The zero-order valence-corrected chi connectivity index (χ0v) is 14.2. The molecule has 2 atom stereocenters. The third-order valence-electron chi connectivity index (χ3n) is 3.58. The number of hydrogen-bond donors (Lipinski definition) is 2. The second-order valence-corrected chi connectivity index (χ2v) is 6.08. The summed E-state index contributed by atoms with van der Waals surface area (Å²) in [5, 5.41) is 19.6. The first kappa shape index (κ1) is 20.2. The van der Waals surface area contributed by atoms with Crippen molar-refractivity contribution in [1.82, 2.24) is 0 Å². The van der Waals surface area contributed by atoms with Gasteiger partial charge in [-0.1, -0.05) is 81.8 Å². The maximum atomic E-state index is 9.83. The minimum absolute atomic E-state index is 0.643. The van der Waals surface area contributed by atoms with Crippen LogP contribution in [0.15, 0.2) is 11.6 Å². The van der Waals surface area contributed by atoms with E-state index in [0.717, 1.165) is 12.8 Å². The fourth-order valence-electron chi connectivity index (χ4n) is 2.16. The van der Waals surface area contributed by atoms with E-state index >= 15 is 0 Å². The highest BCUT2D eigenvalue weighted by Gasteiger charge is 2.12. The largest absolute Gasteiger partial charge is 0.389 e. The number of allylic oxidation sites excluding steroid dienone is 2. The lowest BCUT2D eigenvalue weighted by atomic mass is 10.0. The van der Waals surface area contributed by atoms with Crippen LogP contribution in [0.2, 0.25) is 0 Å². The Kier molecular flexibility index (Phi) is 13.6. The van der Waals surface area contributed by atoms with Crippen LogP contribution in [0.4, 0.5) is 0 Å². The van der Waals surface area contributed by atoms with Crippen molar-refractivity contribution in [3.63, 3.8) is 0 Å². The summed E-state index contributed by atoms with van der Waals surface area (Å²) in [7, 11) is 0. The van der Waals surface area contributed by atoms with Gasteiger partial charge in [-0.15, -0.1) is 0 Å². The number of aliphatic hydroxyl groups is 2. The number of hydrogen-bond acceptors (Lipinski definition) is 2. The van der Waals surface area contributed by atoms with Gasteiger partial charge < -0.3 is 10.2 Å². The predicted octanol–water partition coefficient (Wildman–Crippen LogP) is 4.60. The summed E-state index contributed by atoms with van der Waals surface area (Å²) in [5.41, 5.74) is 1.22. The normalized spacial score (nSPS) is 13.2. The molecule has 2 N–H and O–H groups in total. The SMILES string of the molecule is CCCCCCCCCC[C@@H](O)[C@H](O)C#CCC=C(C)C. The van der Waals surface area contributed by atoms with Crippen molar-refractivity contribution >= 4 is 0 Å². The Balaban J connectivity index is 3.59. The van der Waals surface area contributed by atoms with Crippen LogP contribution in [-0.4, -0.2) is 22.4 Å². The third kappa shape index (κ3) is 13.9. The maximum Gasteiger partial charge on any atom is 0.140 e. The molecule has 0 fully saturated rings. The third-order valence-corrected chi connectivity index (χ3v) is 3.58. The van der Waals surface area contributed by atoms with E-state index in [-0.39, 0.29) is 0 Å². The smallest absolute Gasteiger partial charge is 0.140 e. The van der Waals surface area contributed by atoms with E-state index in [4.69, 9.17) is 0 Å². The Hall–Kier alpha value is -0.780. The van der Waals surface area contributed by atoms with Crippen molar-refractivity contribution in [2.24, 2.45) is 0 Å². The van der Waals surface area contributed by atoms with Crippen LogP contribution in [0.1, 0.15) is 85.0 Å². The summed E-state index contributed by atoms with van der Waals surface area (Å²) in [4.78, 5) is 0. The number of aliphatic hydroxyl groups excluding tert-OH is 2. The summed E-state index contributed by atoms with van der Waals surface area (Å²) < 4.78 is 0. The van der Waals surface area contributed by atoms with Crippen LogP contribution in [0, 0.1) is 11.8 Å². The van der Waals surface area contributed by atoms with Crippen molar-refractivity contribution in [2.45, 2.75) is 97.2 Å². The molecule has 0 bridgehead atoms. The van der Waals surface area contributed by atoms with Crippen LogP contribution < -0.4 is 0 Å². The van der Waals surface area contributed by atoms with Crippen molar-refractivity contribution in [2.75, 3.05) is 0 Å². The topological polar surface area (TPSA) is 40.5 Å². The Morgan fingerprint density at radius 3 is 2.10 bits per heavy atom. The summed E-state index contributed by atoms with van der Waals surface area (Å²) in [6.45, 7) is 6.28. The number of rotatable bonds is 11. The first-order valence-electron chi connectivity index (χ1n) is 8.55. The second kappa shape index (κ2) is 14.2. The minimum Gasteiger partial charge on any atom is -0.389 e. The Morgan fingerprint density at radius 1 is 0.952 bits per heavy atom. The summed E-state index contributed by atoms with van der Waals surface area (Å²) in [6.07, 6.45) is 11.7. The van der Waals surface area contributed by atoms with Gasteiger partial charge in [-0.2, -0.15) is 0 Å². The molecule has 0 rings (SSSR count). The van der Waals surface area contributed by atoms with Gasteiger partial charge in [0.1, 0.15) is 6.10 Å². The van der Waals surface area contributed by atoms with E-state index in [0.29, 0.717) is 12.8 Å². The van der Waals surface area contributed by atoms with E-state index < -0.39 is 12.2 Å². The standard InChI is InChI=1S/C19H34O2/c1-4-5-6-7-8-9-10-11-15-18(20)19(21)16-13-12-14-17(2)3/h14,18-21H,4-12,15H2,1-3H3/t18-,19-/m1/s1. The Bertz CT molecular complexity index is 318. The first-order valence-corrected chi connectivity index (χ1v) is 8.55. The van der Waals surface area contributed by atoms with Crippen molar-refractivity contribution in [3.05, 3.63) is 11.6 Å². The lowest BCUT2D eigenvalue weighted by Gasteiger charge is -2.12. The Labute approximate surface area is 131 Å². The molecule has 122 valence electrons. The zero-order chi connectivity index (χ0) is 15.9. The van der Waals surface area contributed by atoms with E-state index in [1.54, 1.807) is 0 Å². The molecule has 0 aromatic heterocycles. The first-order chi connectivity index (χ1) is 10.1. The highest BCUT2D eigenvalue weighted by molar-refractivity contribution is 5.11. The van der Waals surface area contributed by atoms with Gasteiger partial charge >= 0.3 is 0 Å². The summed E-state index contributed by atoms with van der Waals surface area (Å²) >= 11 is 0. The molecule has 0 saturated heterocycles. The highest BCUT2D eigenvalue weighted by Crippen LogP contribution is 2.11. The van der Waals surface area contributed by atoms with Crippen LogP contribution in [0.5, 0.6) is 0 Å². The molecular formula is C19H34O2. The second-order valence-electron chi connectivity index (χ2n) is 6.08. The summed E-state index contributed by atoms with van der Waals surface area (Å²) in [5.74, 6) is 5.62. The van der Waals surface area contributed by atoms with E-state index in [2.05, 4.69) is 18.8 Å². The van der Waals surface area contributed by atoms with Crippen LogP contribution in [0.3, 0.4) is 0 Å². The molecule has 21 heavy (non-hydrogen) atoms. The zero-order valence-electron chi connectivity index (χ0n) is 14.2. The van der Waals surface area contributed by atoms with Gasteiger partial charge in [0.05, 0.1) is 6.10 Å². The Morgan fingerprint density at radius 2 is 1.52 bits per heavy atom. The highest BCUT2D eigenvalue weighted by atomic mass is 16.3. The molecule has 0 aliphatic rings. The van der Waals surface area contributed by atoms with Crippen molar-refractivity contribution in [3.8, 4) is 11.8 Å². The van der Waals surface area contributed by atoms with Crippen molar-refractivity contribution in [1.29, 1.82) is 0 Å². The molecule has 2 nitrogen and oxygen atoms in total. The van der Waals surface area contributed by atoms with E-state index in [1.807, 2.05) is 19.9 Å². The fourth-order valence-corrected chi connectivity index (χ4v) is 2.16. The molecule has 2 heteroatoms. The molecule has 0 aliphatic heterocycles. The number of unbranched alkanes of at least 4 members (excludes halogenated alkanes) is 7. The minimum atomic E-state index is -0.903. The van der Waals surface area contributed by atoms with Crippen LogP contribution in [-0.2, 0) is 0 Å². The van der Waals surface area contributed by atoms with Gasteiger partial charge in [-0.25, -0.2) is 0 Å².